The number of H-pyrrole nitrogens is 1. The van der Waals surface area contributed by atoms with Crippen LogP contribution in [0, 0.1) is 11.6 Å². The van der Waals surface area contributed by atoms with Crippen molar-refractivity contribution in [3.63, 3.8) is 0 Å². The van der Waals surface area contributed by atoms with Gasteiger partial charge in [0.1, 0.15) is 5.52 Å². The molecule has 0 aliphatic carbocycles. The highest BCUT2D eigenvalue weighted by molar-refractivity contribution is 6.28. The summed E-state index contributed by atoms with van der Waals surface area (Å²) >= 11 is 5.69. The normalized spacial score (nSPS) is 10.9. The van der Waals surface area contributed by atoms with Gasteiger partial charge < -0.3 is 9.72 Å². The number of aromatic nitrogens is 4. The Kier molecular flexibility index (Phi) is 2.75. The van der Waals surface area contributed by atoms with E-state index < -0.39 is 11.6 Å². The molecule has 0 saturated carbocycles. The maximum atomic E-state index is 13.5. The number of imidazole rings is 1. The van der Waals surface area contributed by atoms with Crippen LogP contribution in [0.25, 0.3) is 11.2 Å². The number of rotatable bonds is 2. The summed E-state index contributed by atoms with van der Waals surface area (Å²) in [6.45, 7) is 0. The second kappa shape index (κ2) is 4.43. The number of aromatic amines is 1. The van der Waals surface area contributed by atoms with Gasteiger partial charge in [-0.3, -0.25) is 0 Å². The van der Waals surface area contributed by atoms with Crippen LogP contribution in [0.5, 0.6) is 11.6 Å². The van der Waals surface area contributed by atoms with Gasteiger partial charge in [-0.15, -0.1) is 0 Å². The molecule has 0 aliphatic heterocycles. The molecule has 8 heteroatoms. The first-order chi connectivity index (χ1) is 9.15. The number of halogens is 3. The van der Waals surface area contributed by atoms with Crippen molar-refractivity contribution in [2.24, 2.45) is 0 Å². The predicted octanol–water partition coefficient (Wildman–Crippen LogP) is 3.08. The fraction of sp³-hybridized carbons (Fsp3) is 0. The number of hydrogen-bond acceptors (Lipinski definition) is 4. The Balaban J connectivity index is 2.10. The zero-order chi connectivity index (χ0) is 13.4. The van der Waals surface area contributed by atoms with Gasteiger partial charge in [-0.05, 0) is 23.7 Å². The van der Waals surface area contributed by atoms with Crippen LogP contribution in [0.1, 0.15) is 0 Å². The smallest absolute Gasteiger partial charge is 0.250 e. The molecule has 2 heterocycles. The highest BCUT2D eigenvalue weighted by Crippen LogP contribution is 2.28. The molecule has 19 heavy (non-hydrogen) atoms. The Morgan fingerprint density at radius 2 is 2.05 bits per heavy atom. The van der Waals surface area contributed by atoms with E-state index in [0.717, 1.165) is 6.07 Å². The molecule has 0 spiro atoms. The van der Waals surface area contributed by atoms with Crippen LogP contribution in [0.4, 0.5) is 8.78 Å². The van der Waals surface area contributed by atoms with Crippen molar-refractivity contribution in [1.29, 1.82) is 0 Å². The minimum absolute atomic E-state index is 0.0306. The number of fused-ring (bicyclic) bond motifs is 1. The number of hydrogen-bond donors (Lipinski definition) is 1. The van der Waals surface area contributed by atoms with Crippen molar-refractivity contribution < 1.29 is 13.5 Å². The van der Waals surface area contributed by atoms with Crippen LogP contribution in [-0.4, -0.2) is 19.9 Å². The van der Waals surface area contributed by atoms with E-state index >= 15 is 0 Å². The first-order valence-corrected chi connectivity index (χ1v) is 5.51. The molecule has 0 bridgehead atoms. The van der Waals surface area contributed by atoms with E-state index in [1.807, 2.05) is 0 Å². The van der Waals surface area contributed by atoms with E-state index in [2.05, 4.69) is 19.9 Å². The average molecular weight is 283 g/mol. The van der Waals surface area contributed by atoms with Crippen LogP contribution < -0.4 is 4.74 Å². The summed E-state index contributed by atoms with van der Waals surface area (Å²) in [5, 5.41) is -0.105. The highest BCUT2D eigenvalue weighted by Gasteiger charge is 2.15. The number of nitrogens with zero attached hydrogens (tertiary/aromatic N) is 3. The van der Waals surface area contributed by atoms with Gasteiger partial charge in [-0.2, -0.15) is 14.4 Å². The lowest BCUT2D eigenvalue weighted by Crippen LogP contribution is -1.96. The lowest BCUT2D eigenvalue weighted by Gasteiger charge is -2.06. The van der Waals surface area contributed by atoms with Crippen LogP contribution in [0.2, 0.25) is 5.28 Å². The molecular weight excluding hydrogens is 278 g/mol. The molecule has 0 atom stereocenters. The molecule has 3 aromatic rings. The van der Waals surface area contributed by atoms with Gasteiger partial charge in [0.25, 0.3) is 0 Å². The fourth-order valence-electron chi connectivity index (χ4n) is 1.52. The van der Waals surface area contributed by atoms with Crippen LogP contribution in [0.3, 0.4) is 0 Å². The zero-order valence-corrected chi connectivity index (χ0v) is 9.95. The maximum Gasteiger partial charge on any atom is 0.250 e. The van der Waals surface area contributed by atoms with E-state index in [0.29, 0.717) is 5.52 Å². The van der Waals surface area contributed by atoms with Gasteiger partial charge in [0.15, 0.2) is 17.2 Å². The highest BCUT2D eigenvalue weighted by atomic mass is 35.5. The second-order valence-electron chi connectivity index (χ2n) is 3.55. The molecule has 5 nitrogen and oxygen atoms in total. The number of benzene rings is 1. The first-order valence-electron chi connectivity index (χ1n) is 5.13. The van der Waals surface area contributed by atoms with Crippen molar-refractivity contribution in [3.05, 3.63) is 41.4 Å². The Bertz CT molecular complexity index is 762. The molecular formula is C11H5ClF2N4O. The van der Waals surface area contributed by atoms with Gasteiger partial charge in [0.05, 0.1) is 6.33 Å². The van der Waals surface area contributed by atoms with Crippen molar-refractivity contribution >= 4 is 22.8 Å². The molecule has 0 aliphatic rings. The molecule has 0 saturated heterocycles. The lowest BCUT2D eigenvalue weighted by atomic mass is 10.3. The third-order valence-corrected chi connectivity index (χ3v) is 2.52. The Morgan fingerprint density at radius 1 is 1.21 bits per heavy atom. The summed E-state index contributed by atoms with van der Waals surface area (Å²) < 4.78 is 31.8. The third-order valence-electron chi connectivity index (χ3n) is 2.35. The Morgan fingerprint density at radius 3 is 2.89 bits per heavy atom. The quantitative estimate of drug-likeness (QED) is 0.734. The predicted molar refractivity (Wildman–Crippen MR) is 63.1 cm³/mol. The van der Waals surface area contributed by atoms with Gasteiger partial charge in [-0.1, -0.05) is 6.07 Å². The Labute approximate surface area is 110 Å². The van der Waals surface area contributed by atoms with E-state index in [9.17, 15) is 8.78 Å². The largest absolute Gasteiger partial charge is 0.434 e. The minimum atomic E-state index is -1.11. The molecule has 1 N–H and O–H groups in total. The molecule has 0 amide bonds. The van der Waals surface area contributed by atoms with E-state index in [4.69, 9.17) is 16.3 Å². The van der Waals surface area contributed by atoms with Gasteiger partial charge >= 0.3 is 0 Å². The molecule has 3 rings (SSSR count). The van der Waals surface area contributed by atoms with Crippen LogP contribution in [0.15, 0.2) is 24.5 Å². The molecule has 96 valence electrons. The summed E-state index contributed by atoms with van der Waals surface area (Å²) in [5.41, 5.74) is 0.611. The van der Waals surface area contributed by atoms with Crippen molar-refractivity contribution in [3.8, 4) is 11.6 Å². The number of ether oxygens (including phenoxy) is 1. The fourth-order valence-corrected chi connectivity index (χ4v) is 1.68. The summed E-state index contributed by atoms with van der Waals surface area (Å²) in [4.78, 5) is 14.3. The number of nitrogens with one attached hydrogen (secondary N) is 1. The van der Waals surface area contributed by atoms with E-state index in [1.54, 1.807) is 0 Å². The standard InChI is InChI=1S/C11H5ClF2N4O/c12-11-17-9-8(15-4-16-9)10(18-11)19-6-3-1-2-5(13)7(6)14/h1-4H,(H,15,16,17,18). The molecule has 0 unspecified atom stereocenters. The van der Waals surface area contributed by atoms with E-state index in [1.165, 1.54) is 18.5 Å². The summed E-state index contributed by atoms with van der Waals surface area (Å²) in [6, 6.07) is 3.58. The second-order valence-corrected chi connectivity index (χ2v) is 3.89. The van der Waals surface area contributed by atoms with Crippen molar-refractivity contribution in [1.82, 2.24) is 19.9 Å². The summed E-state index contributed by atoms with van der Waals surface area (Å²) in [5.74, 6) is -2.45. The molecule has 0 fully saturated rings. The van der Waals surface area contributed by atoms with E-state index in [-0.39, 0.29) is 22.6 Å². The van der Waals surface area contributed by atoms with Crippen molar-refractivity contribution in [2.45, 2.75) is 0 Å². The Hall–Kier alpha value is -2.28. The molecule has 1 aromatic carbocycles. The molecule has 0 radical (unpaired) electrons. The summed E-state index contributed by atoms with van der Waals surface area (Å²) in [7, 11) is 0. The van der Waals surface area contributed by atoms with Gasteiger partial charge in [-0.25, -0.2) is 9.37 Å². The van der Waals surface area contributed by atoms with Crippen LogP contribution in [-0.2, 0) is 0 Å². The first kappa shape index (κ1) is 11.8. The molecule has 2 aromatic heterocycles. The average Bonchev–Trinajstić information content (AvgIpc) is 2.83. The SMILES string of the molecule is Fc1cccc(Oc2nc(Cl)nc3nc[nH]c23)c1F. The summed E-state index contributed by atoms with van der Waals surface area (Å²) in [6.07, 6.45) is 1.37. The topological polar surface area (TPSA) is 63.7 Å². The minimum Gasteiger partial charge on any atom is -0.434 e. The van der Waals surface area contributed by atoms with Crippen LogP contribution >= 0.6 is 11.6 Å². The van der Waals surface area contributed by atoms with Crippen molar-refractivity contribution in [2.75, 3.05) is 0 Å². The van der Waals surface area contributed by atoms with Gasteiger partial charge in [0.2, 0.25) is 17.0 Å². The van der Waals surface area contributed by atoms with Gasteiger partial charge in [0, 0.05) is 0 Å². The third kappa shape index (κ3) is 2.08. The maximum absolute atomic E-state index is 13.5. The zero-order valence-electron chi connectivity index (χ0n) is 9.19. The lowest BCUT2D eigenvalue weighted by molar-refractivity contribution is 0.408. The monoisotopic (exact) mass is 282 g/mol.